The molecule has 3 rings (SSSR count). The van der Waals surface area contributed by atoms with Gasteiger partial charge < -0.3 is 5.32 Å². The predicted molar refractivity (Wildman–Crippen MR) is 103 cm³/mol. The smallest absolute Gasteiger partial charge is 0.248 e. The fraction of sp³-hybridized carbons (Fsp3) is 0.500. The van der Waals surface area contributed by atoms with Crippen LogP contribution in [0, 0.1) is 11.3 Å². The molecule has 1 aromatic heterocycles. The molecule has 2 N–H and O–H groups in total. The Morgan fingerprint density at radius 2 is 2.04 bits per heavy atom. The Kier molecular flexibility index (Phi) is 5.88. The first-order chi connectivity index (χ1) is 12.9. The maximum absolute atomic E-state index is 12.5. The predicted octanol–water partition coefficient (Wildman–Crippen LogP) is 2.75. The van der Waals surface area contributed by atoms with Crippen LogP contribution in [-0.2, 0) is 22.7 Å². The second-order valence-electron chi connectivity index (χ2n) is 7.97. The molecule has 0 spiro atoms. The van der Waals surface area contributed by atoms with Gasteiger partial charge in [0.05, 0.1) is 0 Å². The average molecular weight is 369 g/mol. The Bertz CT molecular complexity index is 785. The summed E-state index contributed by atoms with van der Waals surface area (Å²) in [6.45, 7) is 4.93. The second kappa shape index (κ2) is 8.33. The quantitative estimate of drug-likeness (QED) is 0.819. The highest BCUT2D eigenvalue weighted by molar-refractivity contribution is 5.91. The minimum Gasteiger partial charge on any atom is -0.350 e. The van der Waals surface area contributed by atoms with Crippen molar-refractivity contribution in [1.82, 2.24) is 20.1 Å². The minimum atomic E-state index is -0.157. The number of nitrogens with zero attached hydrogens (tertiary/aromatic N) is 3. The summed E-state index contributed by atoms with van der Waals surface area (Å²) in [4.78, 5) is 28.6. The largest absolute Gasteiger partial charge is 0.350 e. The lowest BCUT2D eigenvalue weighted by Crippen LogP contribution is -2.32. The Hall–Kier alpha value is -2.70. The van der Waals surface area contributed by atoms with Gasteiger partial charge >= 0.3 is 0 Å². The van der Waals surface area contributed by atoms with Crippen LogP contribution in [0.1, 0.15) is 45.1 Å². The molecule has 144 valence electrons. The van der Waals surface area contributed by atoms with Crippen LogP contribution in [0.3, 0.4) is 0 Å². The third-order valence-corrected chi connectivity index (χ3v) is 4.99. The Morgan fingerprint density at radius 1 is 1.26 bits per heavy atom. The van der Waals surface area contributed by atoms with E-state index in [-0.39, 0.29) is 35.6 Å². The number of nitrogens with one attached hydrogen (secondary N) is 2. The van der Waals surface area contributed by atoms with E-state index in [4.69, 9.17) is 0 Å². The van der Waals surface area contributed by atoms with Crippen LogP contribution >= 0.6 is 0 Å². The van der Waals surface area contributed by atoms with Crippen LogP contribution in [0.4, 0.5) is 5.95 Å². The number of hydrogen-bond acceptors (Lipinski definition) is 4. The normalized spacial score (nSPS) is 18.7. The number of aromatic nitrogens is 3. The van der Waals surface area contributed by atoms with Gasteiger partial charge in [-0.3, -0.25) is 14.9 Å². The molecule has 1 fully saturated rings. The molecule has 27 heavy (non-hydrogen) atoms. The van der Waals surface area contributed by atoms with E-state index in [2.05, 4.69) is 34.6 Å². The molecule has 0 unspecified atom stereocenters. The highest BCUT2D eigenvalue weighted by atomic mass is 16.2. The molecule has 2 amide bonds. The monoisotopic (exact) mass is 369 g/mol. The topological polar surface area (TPSA) is 88.9 Å². The van der Waals surface area contributed by atoms with Crippen LogP contribution in [0.5, 0.6) is 0 Å². The highest BCUT2D eigenvalue weighted by Gasteiger charge is 2.32. The van der Waals surface area contributed by atoms with Crippen molar-refractivity contribution in [2.75, 3.05) is 5.32 Å². The maximum atomic E-state index is 12.5. The summed E-state index contributed by atoms with van der Waals surface area (Å²) in [5, 5.41) is 9.82. The van der Waals surface area contributed by atoms with E-state index < -0.39 is 0 Å². The zero-order valence-corrected chi connectivity index (χ0v) is 15.9. The molecule has 1 heterocycles. The van der Waals surface area contributed by atoms with Gasteiger partial charge in [-0.1, -0.05) is 50.6 Å². The second-order valence-corrected chi connectivity index (χ2v) is 7.97. The van der Waals surface area contributed by atoms with E-state index in [1.54, 1.807) is 0 Å². The van der Waals surface area contributed by atoms with Gasteiger partial charge in [-0.05, 0) is 30.2 Å². The molecule has 1 aromatic carbocycles. The van der Waals surface area contributed by atoms with Gasteiger partial charge in [0.2, 0.25) is 17.8 Å². The molecule has 0 aliphatic heterocycles. The molecule has 1 aliphatic carbocycles. The summed E-state index contributed by atoms with van der Waals surface area (Å²) in [5.74, 6) is 0.0545. The lowest BCUT2D eigenvalue weighted by Gasteiger charge is -2.34. The van der Waals surface area contributed by atoms with E-state index in [1.807, 2.05) is 30.3 Å². The first-order valence-corrected chi connectivity index (χ1v) is 9.42. The van der Waals surface area contributed by atoms with E-state index >= 15 is 0 Å². The van der Waals surface area contributed by atoms with E-state index in [0.29, 0.717) is 6.54 Å². The lowest BCUT2D eigenvalue weighted by molar-refractivity contribution is -0.122. The highest BCUT2D eigenvalue weighted by Crippen LogP contribution is 2.38. The minimum absolute atomic E-state index is 0.00475. The fourth-order valence-corrected chi connectivity index (χ4v) is 3.56. The summed E-state index contributed by atoms with van der Waals surface area (Å²) in [5.41, 5.74) is 1.23. The number of carbonyl (C=O) groups excluding carboxylic acids is 2. The van der Waals surface area contributed by atoms with Gasteiger partial charge in [0, 0.05) is 12.5 Å². The molecule has 1 saturated carbocycles. The number of rotatable bonds is 6. The van der Waals surface area contributed by atoms with E-state index in [1.165, 1.54) is 11.0 Å². The lowest BCUT2D eigenvalue weighted by atomic mass is 9.72. The van der Waals surface area contributed by atoms with Gasteiger partial charge in [0.1, 0.15) is 12.9 Å². The summed E-state index contributed by atoms with van der Waals surface area (Å²) in [7, 11) is 0. The summed E-state index contributed by atoms with van der Waals surface area (Å²) in [6.07, 6.45) is 5.46. The van der Waals surface area contributed by atoms with E-state index in [0.717, 1.165) is 31.2 Å². The molecular weight excluding hydrogens is 342 g/mol. The molecule has 0 bridgehead atoms. The Morgan fingerprint density at radius 3 is 2.78 bits per heavy atom. The first-order valence-electron chi connectivity index (χ1n) is 9.42. The van der Waals surface area contributed by atoms with Gasteiger partial charge in [-0.25, -0.2) is 9.67 Å². The number of hydrogen-bond donors (Lipinski definition) is 2. The molecule has 1 atom stereocenters. The maximum Gasteiger partial charge on any atom is 0.248 e. The van der Waals surface area contributed by atoms with Crippen molar-refractivity contribution in [3.63, 3.8) is 0 Å². The first kappa shape index (κ1) is 19.1. The van der Waals surface area contributed by atoms with Crippen LogP contribution in [0.25, 0.3) is 0 Å². The Balaban J connectivity index is 1.48. The number of carbonyl (C=O) groups is 2. The van der Waals surface area contributed by atoms with Gasteiger partial charge in [0.25, 0.3) is 0 Å². The molecule has 0 radical (unpaired) electrons. The summed E-state index contributed by atoms with van der Waals surface area (Å²) >= 11 is 0. The van der Waals surface area contributed by atoms with Crippen molar-refractivity contribution in [1.29, 1.82) is 0 Å². The molecule has 1 aliphatic rings. The van der Waals surface area contributed by atoms with Crippen LogP contribution in [0.2, 0.25) is 0 Å². The number of benzene rings is 1. The fourth-order valence-electron chi connectivity index (χ4n) is 3.56. The van der Waals surface area contributed by atoms with Crippen molar-refractivity contribution >= 4 is 17.8 Å². The molecule has 7 nitrogen and oxygen atoms in total. The standard InChI is InChI=1S/C20H27N5O2/c1-20(2)10-6-9-16(11-20)18(27)23-19-22-14-25(24-19)13-17(26)21-12-15-7-4-3-5-8-15/h3-5,7-8,14,16H,6,9-13H2,1-2H3,(H,21,26)(H,23,24,27)/t16-/m0/s1. The molecule has 2 aromatic rings. The van der Waals surface area contributed by atoms with E-state index in [9.17, 15) is 9.59 Å². The van der Waals surface area contributed by atoms with Gasteiger partial charge in [0.15, 0.2) is 0 Å². The van der Waals surface area contributed by atoms with Crippen molar-refractivity contribution < 1.29 is 9.59 Å². The number of anilines is 1. The van der Waals surface area contributed by atoms with Crippen LogP contribution < -0.4 is 10.6 Å². The molecule has 0 saturated heterocycles. The van der Waals surface area contributed by atoms with Crippen molar-refractivity contribution in [2.24, 2.45) is 11.3 Å². The average Bonchev–Trinajstić information content (AvgIpc) is 3.06. The SMILES string of the molecule is CC1(C)CCC[C@H](C(=O)Nc2ncn(CC(=O)NCc3ccccc3)n2)C1. The van der Waals surface area contributed by atoms with Gasteiger partial charge in [-0.15, -0.1) is 5.10 Å². The van der Waals surface area contributed by atoms with Crippen molar-refractivity contribution in [3.8, 4) is 0 Å². The zero-order valence-electron chi connectivity index (χ0n) is 15.9. The zero-order chi connectivity index (χ0) is 19.3. The molecular formula is C20H27N5O2. The Labute approximate surface area is 159 Å². The van der Waals surface area contributed by atoms with Crippen molar-refractivity contribution in [3.05, 3.63) is 42.2 Å². The third kappa shape index (κ3) is 5.64. The number of amides is 2. The molecule has 7 heteroatoms. The van der Waals surface area contributed by atoms with Crippen LogP contribution in [-0.4, -0.2) is 26.6 Å². The van der Waals surface area contributed by atoms with Crippen LogP contribution in [0.15, 0.2) is 36.7 Å². The van der Waals surface area contributed by atoms with Gasteiger partial charge in [-0.2, -0.15) is 0 Å². The van der Waals surface area contributed by atoms with Crippen molar-refractivity contribution in [2.45, 2.75) is 52.6 Å². The summed E-state index contributed by atoms with van der Waals surface area (Å²) < 4.78 is 1.43. The summed E-state index contributed by atoms with van der Waals surface area (Å²) in [6, 6.07) is 9.71. The third-order valence-electron chi connectivity index (χ3n) is 4.99.